The Labute approximate surface area is 184 Å². The minimum Gasteiger partial charge on any atom is -0.353 e. The molecule has 1 saturated heterocycles. The van der Waals surface area contributed by atoms with Crippen LogP contribution in [0.1, 0.15) is 52.7 Å². The number of piperidine rings is 1. The maximum Gasteiger partial charge on any atom is 0.243 e. The van der Waals surface area contributed by atoms with Crippen LogP contribution < -0.4 is 5.32 Å². The quantitative estimate of drug-likeness (QED) is 0.665. The van der Waals surface area contributed by atoms with Gasteiger partial charge in [0.25, 0.3) is 0 Å². The lowest BCUT2D eigenvalue weighted by Gasteiger charge is -2.31. The van der Waals surface area contributed by atoms with E-state index in [0.717, 1.165) is 16.7 Å². The lowest BCUT2D eigenvalue weighted by molar-refractivity contribution is -0.122. The molecule has 0 bridgehead atoms. The van der Waals surface area contributed by atoms with Crippen molar-refractivity contribution in [1.29, 1.82) is 0 Å². The molecule has 0 spiro atoms. The summed E-state index contributed by atoms with van der Waals surface area (Å²) in [7, 11) is -3.53. The standard InChI is InChI=1S/C24H30N2O4S/c1-17-4-7-20(8-5-17)23(27)10-11-24(28)25-21-12-14-26(15-13-21)31(29,30)22-9-6-18(2)19(3)16-22/h4-9,16,21H,10-15H2,1-3H3,(H,25,28). The van der Waals surface area contributed by atoms with Crippen molar-refractivity contribution in [2.75, 3.05) is 13.1 Å². The molecule has 1 aliphatic heterocycles. The number of amides is 1. The zero-order chi connectivity index (χ0) is 22.6. The zero-order valence-corrected chi connectivity index (χ0v) is 19.2. The minimum absolute atomic E-state index is 0.0514. The van der Waals surface area contributed by atoms with Crippen LogP contribution in [0.3, 0.4) is 0 Å². The molecule has 166 valence electrons. The Morgan fingerprint density at radius 2 is 1.58 bits per heavy atom. The molecule has 6 nitrogen and oxygen atoms in total. The van der Waals surface area contributed by atoms with E-state index in [2.05, 4.69) is 5.32 Å². The Balaban J connectivity index is 1.48. The number of Topliss-reactive ketones (excluding diaryl/α,β-unsaturated/α-hetero) is 1. The van der Waals surface area contributed by atoms with Gasteiger partial charge in [-0.2, -0.15) is 4.31 Å². The first-order valence-electron chi connectivity index (χ1n) is 10.6. The lowest BCUT2D eigenvalue weighted by atomic mass is 10.0. The van der Waals surface area contributed by atoms with E-state index in [0.29, 0.717) is 36.4 Å². The van der Waals surface area contributed by atoms with Crippen LogP contribution in [0.5, 0.6) is 0 Å². The van der Waals surface area contributed by atoms with Gasteiger partial charge in [0, 0.05) is 37.5 Å². The van der Waals surface area contributed by atoms with E-state index in [1.165, 1.54) is 4.31 Å². The summed E-state index contributed by atoms with van der Waals surface area (Å²) in [6.45, 7) is 6.54. The predicted molar refractivity (Wildman–Crippen MR) is 121 cm³/mol. The van der Waals surface area contributed by atoms with Crippen molar-refractivity contribution in [1.82, 2.24) is 9.62 Å². The second-order valence-corrected chi connectivity index (χ2v) is 10.2. The molecule has 1 heterocycles. The van der Waals surface area contributed by atoms with Gasteiger partial charge in [0.05, 0.1) is 4.90 Å². The van der Waals surface area contributed by atoms with Gasteiger partial charge in [0.2, 0.25) is 15.9 Å². The van der Waals surface area contributed by atoms with Crippen LogP contribution >= 0.6 is 0 Å². The molecule has 0 aromatic heterocycles. The molecule has 0 radical (unpaired) electrons. The number of ketones is 1. The van der Waals surface area contributed by atoms with Crippen molar-refractivity contribution in [3.05, 3.63) is 64.7 Å². The van der Waals surface area contributed by atoms with Gasteiger partial charge in [-0.3, -0.25) is 9.59 Å². The second-order valence-electron chi connectivity index (χ2n) is 8.28. The topological polar surface area (TPSA) is 83.6 Å². The average molecular weight is 443 g/mol. The molecule has 7 heteroatoms. The van der Waals surface area contributed by atoms with Crippen LogP contribution in [-0.4, -0.2) is 43.5 Å². The number of aryl methyl sites for hydroxylation is 3. The van der Waals surface area contributed by atoms with Gasteiger partial charge in [-0.1, -0.05) is 35.9 Å². The third-order valence-electron chi connectivity index (χ3n) is 5.89. The monoisotopic (exact) mass is 442 g/mol. The number of nitrogens with zero attached hydrogens (tertiary/aromatic N) is 1. The van der Waals surface area contributed by atoms with E-state index >= 15 is 0 Å². The highest BCUT2D eigenvalue weighted by Gasteiger charge is 2.30. The van der Waals surface area contributed by atoms with Gasteiger partial charge >= 0.3 is 0 Å². The fraction of sp³-hybridized carbons (Fsp3) is 0.417. The first kappa shape index (κ1) is 23.2. The summed E-state index contributed by atoms with van der Waals surface area (Å²) >= 11 is 0. The fourth-order valence-electron chi connectivity index (χ4n) is 3.67. The van der Waals surface area contributed by atoms with Gasteiger partial charge in [0.1, 0.15) is 0 Å². The van der Waals surface area contributed by atoms with Crippen molar-refractivity contribution in [3.8, 4) is 0 Å². The molecule has 3 rings (SSSR count). The van der Waals surface area contributed by atoms with Crippen LogP contribution in [0, 0.1) is 20.8 Å². The molecule has 1 N–H and O–H groups in total. The normalized spacial score (nSPS) is 15.6. The lowest BCUT2D eigenvalue weighted by Crippen LogP contribution is -2.46. The van der Waals surface area contributed by atoms with Crippen LogP contribution in [0.25, 0.3) is 0 Å². The van der Waals surface area contributed by atoms with Gasteiger partial charge in [0.15, 0.2) is 5.78 Å². The number of rotatable bonds is 7. The number of hydrogen-bond acceptors (Lipinski definition) is 4. The second kappa shape index (κ2) is 9.75. The van der Waals surface area contributed by atoms with Crippen LogP contribution in [0.15, 0.2) is 47.4 Å². The molecule has 2 aromatic carbocycles. The van der Waals surface area contributed by atoms with E-state index in [9.17, 15) is 18.0 Å². The van der Waals surface area contributed by atoms with Gasteiger partial charge < -0.3 is 5.32 Å². The Morgan fingerprint density at radius 1 is 0.935 bits per heavy atom. The molecular weight excluding hydrogens is 412 g/mol. The summed E-state index contributed by atoms with van der Waals surface area (Å²) in [5.41, 5.74) is 3.70. The largest absolute Gasteiger partial charge is 0.353 e. The van der Waals surface area contributed by atoms with Crippen molar-refractivity contribution < 1.29 is 18.0 Å². The predicted octanol–water partition coefficient (Wildman–Crippen LogP) is 3.54. The molecule has 0 saturated carbocycles. The van der Waals surface area contributed by atoms with Crippen LogP contribution in [0.2, 0.25) is 0 Å². The molecule has 1 fully saturated rings. The fourth-order valence-corrected chi connectivity index (χ4v) is 5.23. The highest BCUT2D eigenvalue weighted by Crippen LogP contribution is 2.23. The number of benzene rings is 2. The summed E-state index contributed by atoms with van der Waals surface area (Å²) < 4.78 is 27.3. The Kier molecular flexibility index (Phi) is 7.28. The van der Waals surface area contributed by atoms with E-state index in [1.807, 2.05) is 39.0 Å². The van der Waals surface area contributed by atoms with Crippen molar-refractivity contribution in [2.24, 2.45) is 0 Å². The van der Waals surface area contributed by atoms with Gasteiger partial charge in [-0.15, -0.1) is 0 Å². The highest BCUT2D eigenvalue weighted by molar-refractivity contribution is 7.89. The van der Waals surface area contributed by atoms with Gasteiger partial charge in [-0.05, 0) is 56.9 Å². The molecule has 0 aliphatic carbocycles. The third-order valence-corrected chi connectivity index (χ3v) is 7.78. The van der Waals surface area contributed by atoms with Crippen molar-refractivity contribution in [3.63, 3.8) is 0 Å². The Morgan fingerprint density at radius 3 is 2.19 bits per heavy atom. The van der Waals surface area contributed by atoms with Gasteiger partial charge in [-0.25, -0.2) is 8.42 Å². The highest BCUT2D eigenvalue weighted by atomic mass is 32.2. The smallest absolute Gasteiger partial charge is 0.243 e. The minimum atomic E-state index is -3.53. The number of sulfonamides is 1. The number of carbonyl (C=O) groups excluding carboxylic acids is 2. The van der Waals surface area contributed by atoms with E-state index < -0.39 is 10.0 Å². The van der Waals surface area contributed by atoms with Crippen LogP contribution in [-0.2, 0) is 14.8 Å². The first-order chi connectivity index (χ1) is 14.7. The number of carbonyl (C=O) groups is 2. The first-order valence-corrected chi connectivity index (χ1v) is 12.1. The maximum absolute atomic E-state index is 12.9. The molecule has 1 amide bonds. The Hall–Kier alpha value is -2.51. The van der Waals surface area contributed by atoms with E-state index in [4.69, 9.17) is 0 Å². The zero-order valence-electron chi connectivity index (χ0n) is 18.3. The van der Waals surface area contributed by atoms with Crippen LogP contribution in [0.4, 0.5) is 0 Å². The number of hydrogen-bond donors (Lipinski definition) is 1. The van der Waals surface area contributed by atoms with E-state index in [1.54, 1.807) is 24.3 Å². The third kappa shape index (κ3) is 5.80. The maximum atomic E-state index is 12.9. The molecule has 2 aromatic rings. The average Bonchev–Trinajstić information content (AvgIpc) is 2.75. The molecular formula is C24H30N2O4S. The molecule has 0 atom stereocenters. The molecule has 0 unspecified atom stereocenters. The van der Waals surface area contributed by atoms with Crippen molar-refractivity contribution in [2.45, 2.75) is 57.4 Å². The summed E-state index contributed by atoms with van der Waals surface area (Å²) in [6, 6.07) is 12.4. The number of nitrogens with one attached hydrogen (secondary N) is 1. The molecule has 1 aliphatic rings. The SMILES string of the molecule is Cc1ccc(C(=O)CCC(=O)NC2CCN(S(=O)(=O)c3ccc(C)c(C)c3)CC2)cc1. The summed E-state index contributed by atoms with van der Waals surface area (Å²) in [4.78, 5) is 24.8. The Bertz CT molecular complexity index is 1050. The summed E-state index contributed by atoms with van der Waals surface area (Å²) in [5, 5.41) is 2.95. The van der Waals surface area contributed by atoms with E-state index in [-0.39, 0.29) is 30.6 Å². The summed E-state index contributed by atoms with van der Waals surface area (Å²) in [6.07, 6.45) is 1.41. The van der Waals surface area contributed by atoms with Crippen molar-refractivity contribution >= 4 is 21.7 Å². The molecule has 31 heavy (non-hydrogen) atoms. The summed E-state index contributed by atoms with van der Waals surface area (Å²) in [5.74, 6) is -0.222.